The van der Waals surface area contributed by atoms with Crippen LogP contribution in [-0.4, -0.2) is 68.1 Å². The van der Waals surface area contributed by atoms with Gasteiger partial charge in [-0.05, 0) is 69.8 Å². The Kier molecular flexibility index (Phi) is 7.96. The van der Waals surface area contributed by atoms with Crippen LogP contribution < -0.4 is 14.2 Å². The van der Waals surface area contributed by atoms with E-state index in [9.17, 15) is 9.59 Å². The molecular weight excluding hydrogens is 384 g/mol. The maximum Gasteiger partial charge on any atom is 0.329 e. The number of benzene rings is 1. The second-order valence-electron chi connectivity index (χ2n) is 8.18. The van der Waals surface area contributed by atoms with Crippen LogP contribution in [0, 0.1) is 6.92 Å². The summed E-state index contributed by atoms with van der Waals surface area (Å²) < 4.78 is 16.7. The van der Waals surface area contributed by atoms with E-state index in [-0.39, 0.29) is 18.1 Å². The molecule has 2 aliphatic heterocycles. The smallest absolute Gasteiger partial charge is 0.329 e. The molecular formula is C23H34N2O5. The summed E-state index contributed by atoms with van der Waals surface area (Å²) in [5.41, 5.74) is 0.941. The van der Waals surface area contributed by atoms with Crippen molar-refractivity contribution < 1.29 is 23.8 Å². The third kappa shape index (κ3) is 5.45. The van der Waals surface area contributed by atoms with Crippen molar-refractivity contribution in [2.75, 3.05) is 40.4 Å². The molecule has 0 bridgehead atoms. The number of aryl methyl sites for hydroxylation is 1. The van der Waals surface area contributed by atoms with Crippen LogP contribution in [0.2, 0.25) is 0 Å². The molecule has 0 spiro atoms. The minimum Gasteiger partial charge on any atom is -0.493 e. The first-order chi connectivity index (χ1) is 14.5. The van der Waals surface area contributed by atoms with Crippen LogP contribution >= 0.6 is 0 Å². The van der Waals surface area contributed by atoms with Crippen molar-refractivity contribution in [1.82, 2.24) is 9.80 Å². The van der Waals surface area contributed by atoms with Crippen LogP contribution in [0.5, 0.6) is 17.2 Å². The standard InChI is InChI=1S/C23H34N2O5/c1-17-14-19(28-2)22(20(15-17)29-3)30-23(27)18(24-10-6-4-7-11-24)16-21(26)25-12-8-5-9-13-25/h14-15,18H,4-13,16H2,1-3H3. The Balaban J connectivity index is 1.80. The molecule has 0 aliphatic carbocycles. The fourth-order valence-electron chi connectivity index (χ4n) is 4.31. The minimum atomic E-state index is -0.601. The normalized spacial score (nSPS) is 18.6. The van der Waals surface area contributed by atoms with Gasteiger partial charge >= 0.3 is 5.97 Å². The van der Waals surface area contributed by atoms with E-state index < -0.39 is 12.0 Å². The van der Waals surface area contributed by atoms with Crippen LogP contribution in [0.4, 0.5) is 0 Å². The van der Waals surface area contributed by atoms with Crippen molar-refractivity contribution in [2.45, 2.75) is 57.9 Å². The molecule has 1 aromatic rings. The SMILES string of the molecule is COc1cc(C)cc(OC)c1OC(=O)C(CC(=O)N1CCCCC1)N1CCCCC1. The predicted octanol–water partition coefficient (Wildman–Crippen LogP) is 3.17. The minimum absolute atomic E-state index is 0.0325. The van der Waals surface area contributed by atoms with Gasteiger partial charge in [-0.2, -0.15) is 0 Å². The first-order valence-corrected chi connectivity index (χ1v) is 11.0. The number of amides is 1. The van der Waals surface area contributed by atoms with E-state index in [1.54, 1.807) is 12.1 Å². The lowest BCUT2D eigenvalue weighted by atomic mass is 10.0. The van der Waals surface area contributed by atoms with Crippen LogP contribution in [0.1, 0.15) is 50.5 Å². The first kappa shape index (κ1) is 22.4. The molecule has 2 saturated heterocycles. The topological polar surface area (TPSA) is 68.3 Å². The third-order valence-corrected chi connectivity index (χ3v) is 5.99. The van der Waals surface area contributed by atoms with Crippen molar-refractivity contribution in [3.8, 4) is 17.2 Å². The van der Waals surface area contributed by atoms with E-state index >= 15 is 0 Å². The number of rotatable bonds is 7. The number of nitrogens with zero attached hydrogens (tertiary/aromatic N) is 2. The number of methoxy groups -OCH3 is 2. The molecule has 0 N–H and O–H groups in total. The van der Waals surface area contributed by atoms with Crippen LogP contribution in [-0.2, 0) is 9.59 Å². The number of hydrogen-bond donors (Lipinski definition) is 0. The van der Waals surface area contributed by atoms with Crippen LogP contribution in [0.25, 0.3) is 0 Å². The third-order valence-electron chi connectivity index (χ3n) is 5.99. The van der Waals surface area contributed by atoms with E-state index in [2.05, 4.69) is 4.90 Å². The van der Waals surface area contributed by atoms with Crippen molar-refractivity contribution in [2.24, 2.45) is 0 Å². The molecule has 30 heavy (non-hydrogen) atoms. The highest BCUT2D eigenvalue weighted by atomic mass is 16.6. The Labute approximate surface area is 179 Å². The van der Waals surface area contributed by atoms with Crippen molar-refractivity contribution >= 4 is 11.9 Å². The zero-order valence-electron chi connectivity index (χ0n) is 18.4. The molecule has 0 radical (unpaired) electrons. The highest BCUT2D eigenvalue weighted by Crippen LogP contribution is 2.39. The molecule has 7 heteroatoms. The Hall–Kier alpha value is -2.28. The Morgan fingerprint density at radius 2 is 1.43 bits per heavy atom. The quantitative estimate of drug-likeness (QED) is 0.500. The Morgan fingerprint density at radius 1 is 0.900 bits per heavy atom. The molecule has 1 atom stereocenters. The average molecular weight is 419 g/mol. The van der Waals surface area contributed by atoms with Gasteiger partial charge < -0.3 is 19.1 Å². The fourth-order valence-corrected chi connectivity index (χ4v) is 4.31. The van der Waals surface area contributed by atoms with E-state index in [4.69, 9.17) is 14.2 Å². The van der Waals surface area contributed by atoms with E-state index in [0.717, 1.165) is 70.3 Å². The van der Waals surface area contributed by atoms with Crippen LogP contribution in [0.3, 0.4) is 0 Å². The maximum atomic E-state index is 13.3. The zero-order chi connectivity index (χ0) is 21.5. The summed E-state index contributed by atoms with van der Waals surface area (Å²) >= 11 is 0. The Morgan fingerprint density at radius 3 is 1.97 bits per heavy atom. The summed E-state index contributed by atoms with van der Waals surface area (Å²) in [7, 11) is 3.07. The summed E-state index contributed by atoms with van der Waals surface area (Å²) in [6, 6.07) is 3.01. The summed E-state index contributed by atoms with van der Waals surface area (Å²) in [6.45, 7) is 5.08. The van der Waals surface area contributed by atoms with Gasteiger partial charge in [0.15, 0.2) is 11.5 Å². The number of piperidine rings is 2. The van der Waals surface area contributed by atoms with E-state index in [1.807, 2.05) is 11.8 Å². The summed E-state index contributed by atoms with van der Waals surface area (Å²) in [6.07, 6.45) is 6.57. The molecule has 2 aliphatic rings. The number of ether oxygens (including phenoxy) is 3. The van der Waals surface area contributed by atoms with Gasteiger partial charge in [-0.3, -0.25) is 9.69 Å². The molecule has 1 aromatic carbocycles. The number of hydrogen-bond acceptors (Lipinski definition) is 6. The highest BCUT2D eigenvalue weighted by Gasteiger charge is 2.34. The van der Waals surface area contributed by atoms with Gasteiger partial charge in [-0.25, -0.2) is 4.79 Å². The van der Waals surface area contributed by atoms with Gasteiger partial charge in [-0.1, -0.05) is 6.42 Å². The highest BCUT2D eigenvalue weighted by molar-refractivity contribution is 5.87. The molecule has 0 aromatic heterocycles. The Bertz CT molecular complexity index is 714. The average Bonchev–Trinajstić information content (AvgIpc) is 2.79. The summed E-state index contributed by atoms with van der Waals surface area (Å²) in [4.78, 5) is 30.2. The molecule has 1 unspecified atom stereocenters. The zero-order valence-corrected chi connectivity index (χ0v) is 18.4. The van der Waals surface area contributed by atoms with Crippen LogP contribution in [0.15, 0.2) is 12.1 Å². The summed E-state index contributed by atoms with van der Waals surface area (Å²) in [5.74, 6) is 0.760. The molecule has 2 heterocycles. The van der Waals surface area contributed by atoms with Gasteiger partial charge in [0.05, 0.1) is 20.6 Å². The fraction of sp³-hybridized carbons (Fsp3) is 0.652. The van der Waals surface area contributed by atoms with E-state index in [0.29, 0.717) is 11.5 Å². The van der Waals surface area contributed by atoms with Gasteiger partial charge in [0, 0.05) is 13.1 Å². The first-order valence-electron chi connectivity index (χ1n) is 11.0. The van der Waals surface area contributed by atoms with E-state index in [1.165, 1.54) is 14.2 Å². The van der Waals surface area contributed by atoms with Gasteiger partial charge in [0.25, 0.3) is 0 Å². The second kappa shape index (κ2) is 10.7. The molecule has 166 valence electrons. The largest absolute Gasteiger partial charge is 0.493 e. The van der Waals surface area contributed by atoms with Crippen molar-refractivity contribution in [1.29, 1.82) is 0 Å². The molecule has 1 amide bonds. The number of carbonyl (C=O) groups excluding carboxylic acids is 2. The lowest BCUT2D eigenvalue weighted by molar-refractivity contribution is -0.146. The monoisotopic (exact) mass is 418 g/mol. The number of likely N-dealkylation sites (tertiary alicyclic amines) is 2. The lowest BCUT2D eigenvalue weighted by Gasteiger charge is -2.34. The van der Waals surface area contributed by atoms with Gasteiger partial charge in [0.1, 0.15) is 6.04 Å². The second-order valence-corrected chi connectivity index (χ2v) is 8.18. The predicted molar refractivity (Wildman–Crippen MR) is 114 cm³/mol. The van der Waals surface area contributed by atoms with Crippen molar-refractivity contribution in [3.05, 3.63) is 17.7 Å². The number of carbonyl (C=O) groups is 2. The molecule has 3 rings (SSSR count). The maximum absolute atomic E-state index is 13.3. The van der Waals surface area contributed by atoms with Crippen molar-refractivity contribution in [3.63, 3.8) is 0 Å². The molecule has 0 saturated carbocycles. The summed E-state index contributed by atoms with van der Waals surface area (Å²) in [5, 5.41) is 0. The molecule has 7 nitrogen and oxygen atoms in total. The van der Waals surface area contributed by atoms with Gasteiger partial charge in [-0.15, -0.1) is 0 Å². The molecule has 2 fully saturated rings. The lowest BCUT2D eigenvalue weighted by Crippen LogP contribution is -2.49. The number of esters is 1. The van der Waals surface area contributed by atoms with Gasteiger partial charge in [0.2, 0.25) is 11.7 Å².